The van der Waals surface area contributed by atoms with Crippen LogP contribution in [0.15, 0.2) is 24.3 Å². The molecular weight excluding hydrogens is 310 g/mol. The smallest absolute Gasteiger partial charge is 0.387 e. The van der Waals surface area contributed by atoms with E-state index in [0.29, 0.717) is 12.0 Å². The Hall–Kier alpha value is -1.34. The normalized spacial score (nSPS) is 19.7. The standard InChI is InChI=1S/C15H20F2N2O2S/c1-10(12-4-2-3-5-13(12)21-15(16)17)19-14(20)8-11-9-22-7-6-18-11/h2-5,10-11,15,18H,6-9H2,1H3,(H,19,20). The molecule has 0 spiro atoms. The van der Waals surface area contributed by atoms with Gasteiger partial charge in [-0.05, 0) is 13.0 Å². The van der Waals surface area contributed by atoms with Gasteiger partial charge in [-0.15, -0.1) is 0 Å². The largest absolute Gasteiger partial charge is 0.434 e. The van der Waals surface area contributed by atoms with Gasteiger partial charge in [-0.3, -0.25) is 4.79 Å². The summed E-state index contributed by atoms with van der Waals surface area (Å²) in [6.45, 7) is -0.217. The van der Waals surface area contributed by atoms with Gasteiger partial charge in [0.25, 0.3) is 0 Å². The van der Waals surface area contributed by atoms with E-state index in [1.165, 1.54) is 6.07 Å². The predicted molar refractivity (Wildman–Crippen MR) is 83.4 cm³/mol. The van der Waals surface area contributed by atoms with E-state index in [1.807, 2.05) is 11.8 Å². The summed E-state index contributed by atoms with van der Waals surface area (Å²) in [7, 11) is 0. The second-order valence-corrected chi connectivity index (χ2v) is 6.29. The number of benzene rings is 1. The Bertz CT molecular complexity index is 496. The average Bonchev–Trinajstić information content (AvgIpc) is 2.48. The molecule has 1 amide bonds. The zero-order chi connectivity index (χ0) is 15.9. The molecule has 2 atom stereocenters. The van der Waals surface area contributed by atoms with Crippen molar-refractivity contribution in [1.82, 2.24) is 10.6 Å². The Kier molecular flexibility index (Phi) is 6.45. The van der Waals surface area contributed by atoms with Gasteiger partial charge < -0.3 is 15.4 Å². The van der Waals surface area contributed by atoms with Crippen LogP contribution in [0.5, 0.6) is 5.75 Å². The molecule has 1 fully saturated rings. The Morgan fingerprint density at radius 2 is 2.27 bits per heavy atom. The number of thioether (sulfide) groups is 1. The highest BCUT2D eigenvalue weighted by Crippen LogP contribution is 2.26. The summed E-state index contributed by atoms with van der Waals surface area (Å²) < 4.78 is 29.3. The van der Waals surface area contributed by atoms with Gasteiger partial charge >= 0.3 is 6.61 Å². The lowest BCUT2D eigenvalue weighted by Gasteiger charge is -2.24. The van der Waals surface area contributed by atoms with Crippen molar-refractivity contribution in [2.45, 2.75) is 32.0 Å². The first kappa shape index (κ1) is 17.0. The van der Waals surface area contributed by atoms with Crippen LogP contribution < -0.4 is 15.4 Å². The third-order valence-corrected chi connectivity index (χ3v) is 4.54. The number of amides is 1. The molecule has 1 aromatic rings. The number of alkyl halides is 2. The van der Waals surface area contributed by atoms with Gasteiger partial charge in [0.05, 0.1) is 6.04 Å². The van der Waals surface area contributed by atoms with Gasteiger partial charge in [0.2, 0.25) is 5.91 Å². The highest BCUT2D eigenvalue weighted by atomic mass is 32.2. The van der Waals surface area contributed by atoms with E-state index in [0.717, 1.165) is 18.1 Å². The Morgan fingerprint density at radius 1 is 1.50 bits per heavy atom. The fourth-order valence-corrected chi connectivity index (χ4v) is 3.34. The van der Waals surface area contributed by atoms with Crippen molar-refractivity contribution in [2.75, 3.05) is 18.1 Å². The third kappa shape index (κ3) is 5.14. The zero-order valence-corrected chi connectivity index (χ0v) is 13.2. The van der Waals surface area contributed by atoms with E-state index in [2.05, 4.69) is 15.4 Å². The first-order valence-electron chi connectivity index (χ1n) is 7.20. The van der Waals surface area contributed by atoms with Crippen LogP contribution in [0.25, 0.3) is 0 Å². The van der Waals surface area contributed by atoms with Crippen molar-refractivity contribution < 1.29 is 18.3 Å². The van der Waals surface area contributed by atoms with Gasteiger partial charge in [-0.1, -0.05) is 18.2 Å². The van der Waals surface area contributed by atoms with Gasteiger partial charge in [0.15, 0.2) is 0 Å². The molecule has 4 nitrogen and oxygen atoms in total. The van der Waals surface area contributed by atoms with Crippen molar-refractivity contribution in [3.63, 3.8) is 0 Å². The number of rotatable bonds is 6. The minimum absolute atomic E-state index is 0.0941. The summed E-state index contributed by atoms with van der Waals surface area (Å²) in [5.74, 6) is 1.97. The topological polar surface area (TPSA) is 50.4 Å². The lowest BCUT2D eigenvalue weighted by atomic mass is 10.1. The number of halogens is 2. The van der Waals surface area contributed by atoms with Crippen LogP contribution >= 0.6 is 11.8 Å². The highest BCUT2D eigenvalue weighted by molar-refractivity contribution is 7.99. The lowest BCUT2D eigenvalue weighted by molar-refractivity contribution is -0.122. The Morgan fingerprint density at radius 3 is 2.95 bits per heavy atom. The molecule has 2 N–H and O–H groups in total. The number of hydrogen-bond acceptors (Lipinski definition) is 4. The highest BCUT2D eigenvalue weighted by Gasteiger charge is 2.20. The molecule has 22 heavy (non-hydrogen) atoms. The molecular formula is C15H20F2N2O2S. The minimum atomic E-state index is -2.88. The first-order valence-corrected chi connectivity index (χ1v) is 8.36. The maximum Gasteiger partial charge on any atom is 0.387 e. The number of carbonyl (C=O) groups excluding carboxylic acids is 1. The molecule has 2 rings (SSSR count). The van der Waals surface area contributed by atoms with Crippen molar-refractivity contribution in [1.29, 1.82) is 0 Å². The van der Waals surface area contributed by atoms with Crippen molar-refractivity contribution in [3.8, 4) is 5.75 Å². The molecule has 7 heteroatoms. The maximum atomic E-state index is 12.4. The molecule has 0 radical (unpaired) electrons. The monoisotopic (exact) mass is 330 g/mol. The second-order valence-electron chi connectivity index (χ2n) is 5.14. The number of para-hydroxylation sites is 1. The summed E-state index contributed by atoms with van der Waals surface area (Å²) in [4.78, 5) is 12.1. The molecule has 0 saturated carbocycles. The van der Waals surface area contributed by atoms with E-state index >= 15 is 0 Å². The van der Waals surface area contributed by atoms with Crippen LogP contribution in [0.4, 0.5) is 8.78 Å². The molecule has 1 aliphatic rings. The molecule has 0 aliphatic carbocycles. The van der Waals surface area contributed by atoms with Crippen LogP contribution in [0.2, 0.25) is 0 Å². The molecule has 0 aromatic heterocycles. The molecule has 1 saturated heterocycles. The van der Waals surface area contributed by atoms with E-state index in [9.17, 15) is 13.6 Å². The summed E-state index contributed by atoms with van der Waals surface area (Å²) in [6.07, 6.45) is 0.384. The Labute approximate surface area is 133 Å². The van der Waals surface area contributed by atoms with Crippen LogP contribution in [0, 0.1) is 0 Å². The summed E-state index contributed by atoms with van der Waals surface area (Å²) in [5, 5.41) is 6.14. The third-order valence-electron chi connectivity index (χ3n) is 3.41. The lowest BCUT2D eigenvalue weighted by Crippen LogP contribution is -2.41. The summed E-state index contributed by atoms with van der Waals surface area (Å²) in [6, 6.07) is 6.28. The molecule has 1 aromatic carbocycles. The average molecular weight is 330 g/mol. The van der Waals surface area contributed by atoms with Crippen molar-refractivity contribution in [2.24, 2.45) is 0 Å². The summed E-state index contributed by atoms with van der Waals surface area (Å²) in [5.41, 5.74) is 0.544. The minimum Gasteiger partial charge on any atom is -0.434 e. The van der Waals surface area contributed by atoms with E-state index < -0.39 is 12.7 Å². The Balaban J connectivity index is 1.93. The maximum absolute atomic E-state index is 12.4. The van der Waals surface area contributed by atoms with Crippen LogP contribution in [-0.4, -0.2) is 36.6 Å². The predicted octanol–water partition coefficient (Wildman–Crippen LogP) is 2.56. The van der Waals surface area contributed by atoms with Gasteiger partial charge in [-0.2, -0.15) is 20.5 Å². The van der Waals surface area contributed by atoms with Crippen LogP contribution in [-0.2, 0) is 4.79 Å². The molecule has 122 valence electrons. The van der Waals surface area contributed by atoms with E-state index in [1.54, 1.807) is 25.1 Å². The van der Waals surface area contributed by atoms with E-state index in [4.69, 9.17) is 0 Å². The molecule has 1 heterocycles. The van der Waals surface area contributed by atoms with Crippen molar-refractivity contribution >= 4 is 17.7 Å². The van der Waals surface area contributed by atoms with Gasteiger partial charge in [0, 0.05) is 36.1 Å². The number of carbonyl (C=O) groups is 1. The fraction of sp³-hybridized carbons (Fsp3) is 0.533. The van der Waals surface area contributed by atoms with Crippen LogP contribution in [0.3, 0.4) is 0 Å². The SMILES string of the molecule is CC(NC(=O)CC1CSCCN1)c1ccccc1OC(F)F. The van der Waals surface area contributed by atoms with E-state index in [-0.39, 0.29) is 17.7 Å². The zero-order valence-electron chi connectivity index (χ0n) is 12.4. The van der Waals surface area contributed by atoms with Crippen molar-refractivity contribution in [3.05, 3.63) is 29.8 Å². The quantitative estimate of drug-likeness (QED) is 0.842. The molecule has 2 unspecified atom stereocenters. The summed E-state index contributed by atoms with van der Waals surface area (Å²) >= 11 is 1.82. The molecule has 1 aliphatic heterocycles. The number of ether oxygens (including phenoxy) is 1. The number of hydrogen-bond donors (Lipinski definition) is 2. The first-order chi connectivity index (χ1) is 10.6. The second kappa shape index (κ2) is 8.33. The molecule has 0 bridgehead atoms. The fourth-order valence-electron chi connectivity index (χ4n) is 2.39. The van der Waals surface area contributed by atoms with Crippen LogP contribution in [0.1, 0.15) is 24.9 Å². The van der Waals surface area contributed by atoms with Gasteiger partial charge in [-0.25, -0.2) is 0 Å². The van der Waals surface area contributed by atoms with Gasteiger partial charge in [0.1, 0.15) is 5.75 Å². The number of nitrogens with one attached hydrogen (secondary N) is 2.